The number of hydrogen-bond donors (Lipinski definition) is 2. The molecule has 1 heterocycles. The Morgan fingerprint density at radius 1 is 1.20 bits per heavy atom. The average Bonchev–Trinajstić information content (AvgIpc) is 2.75. The van der Waals surface area contributed by atoms with E-state index in [0.717, 1.165) is 41.9 Å². The van der Waals surface area contributed by atoms with Gasteiger partial charge in [0.2, 0.25) is 0 Å². The zero-order valence-corrected chi connectivity index (χ0v) is 12.0. The summed E-state index contributed by atoms with van der Waals surface area (Å²) in [5.41, 5.74) is 1.73. The van der Waals surface area contributed by atoms with Crippen LogP contribution in [0.4, 0.5) is 4.39 Å². The molecule has 0 saturated heterocycles. The Hall–Kier alpha value is -1.43. The molecule has 0 atom stereocenters. The van der Waals surface area contributed by atoms with Crippen LogP contribution in [0.25, 0.3) is 11.0 Å². The van der Waals surface area contributed by atoms with E-state index in [9.17, 15) is 4.39 Å². The molecule has 0 aliphatic rings. The number of halogens is 1. The fraction of sp³-hybridized carbons (Fsp3) is 0.467. The van der Waals surface area contributed by atoms with Crippen LogP contribution in [-0.4, -0.2) is 33.4 Å². The van der Waals surface area contributed by atoms with Gasteiger partial charge in [-0.1, -0.05) is 0 Å². The van der Waals surface area contributed by atoms with Crippen LogP contribution >= 0.6 is 0 Å². The van der Waals surface area contributed by atoms with Crippen molar-refractivity contribution in [3.63, 3.8) is 0 Å². The number of ether oxygens (including phenoxy) is 1. The maximum Gasteiger partial charge on any atom is 0.134 e. The number of fused-ring (bicyclic) bond motifs is 1. The third kappa shape index (κ3) is 3.79. The van der Waals surface area contributed by atoms with Crippen molar-refractivity contribution < 1.29 is 13.5 Å². The standard InChI is InChI=1S/C15H21FN2O2/c1-11-13-9-12(16)3-4-14(13)20-15(11)10-18-6-5-17-7-8-19-2/h3-4,9,17-18H,5-8,10H2,1-2H3. The number of aryl methyl sites for hydroxylation is 1. The van der Waals surface area contributed by atoms with Crippen LogP contribution in [0.5, 0.6) is 0 Å². The van der Waals surface area contributed by atoms with Gasteiger partial charge in [-0.15, -0.1) is 0 Å². The molecular formula is C15H21FN2O2. The van der Waals surface area contributed by atoms with Gasteiger partial charge in [0, 0.05) is 32.1 Å². The molecule has 4 nitrogen and oxygen atoms in total. The predicted octanol–water partition coefficient (Wildman–Crippen LogP) is 2.21. The maximum absolute atomic E-state index is 13.2. The highest BCUT2D eigenvalue weighted by Crippen LogP contribution is 2.25. The molecule has 0 radical (unpaired) electrons. The van der Waals surface area contributed by atoms with Gasteiger partial charge in [-0.3, -0.25) is 0 Å². The van der Waals surface area contributed by atoms with Crippen molar-refractivity contribution in [2.45, 2.75) is 13.5 Å². The zero-order chi connectivity index (χ0) is 14.4. The third-order valence-corrected chi connectivity index (χ3v) is 3.24. The van der Waals surface area contributed by atoms with Crippen molar-refractivity contribution >= 4 is 11.0 Å². The van der Waals surface area contributed by atoms with Crippen molar-refractivity contribution in [3.05, 3.63) is 35.3 Å². The number of furan rings is 1. The Morgan fingerprint density at radius 2 is 2.00 bits per heavy atom. The van der Waals surface area contributed by atoms with Crippen molar-refractivity contribution in [3.8, 4) is 0 Å². The second kappa shape index (κ2) is 7.38. The molecule has 1 aromatic heterocycles. The summed E-state index contributed by atoms with van der Waals surface area (Å²) in [4.78, 5) is 0. The Labute approximate surface area is 118 Å². The van der Waals surface area contributed by atoms with Crippen LogP contribution in [-0.2, 0) is 11.3 Å². The summed E-state index contributed by atoms with van der Waals surface area (Å²) in [7, 11) is 1.69. The van der Waals surface area contributed by atoms with Gasteiger partial charge in [-0.05, 0) is 30.7 Å². The highest BCUT2D eigenvalue weighted by atomic mass is 19.1. The topological polar surface area (TPSA) is 46.4 Å². The van der Waals surface area contributed by atoms with Crippen LogP contribution < -0.4 is 10.6 Å². The third-order valence-electron chi connectivity index (χ3n) is 3.24. The maximum atomic E-state index is 13.2. The van der Waals surface area contributed by atoms with E-state index in [-0.39, 0.29) is 5.82 Å². The van der Waals surface area contributed by atoms with Crippen molar-refractivity contribution in [1.82, 2.24) is 10.6 Å². The number of methoxy groups -OCH3 is 1. The van der Waals surface area contributed by atoms with Crippen LogP contribution in [0.3, 0.4) is 0 Å². The van der Waals surface area contributed by atoms with Crippen LogP contribution in [0.15, 0.2) is 22.6 Å². The molecule has 0 fully saturated rings. The lowest BCUT2D eigenvalue weighted by atomic mass is 10.1. The van der Waals surface area contributed by atoms with Crippen molar-refractivity contribution in [1.29, 1.82) is 0 Å². The van der Waals surface area contributed by atoms with Gasteiger partial charge in [-0.25, -0.2) is 4.39 Å². The van der Waals surface area contributed by atoms with Gasteiger partial charge in [0.1, 0.15) is 17.2 Å². The molecular weight excluding hydrogens is 259 g/mol. The molecule has 0 amide bonds. The monoisotopic (exact) mass is 280 g/mol. The van der Waals surface area contributed by atoms with Crippen molar-refractivity contribution in [2.75, 3.05) is 33.4 Å². The number of benzene rings is 1. The van der Waals surface area contributed by atoms with Gasteiger partial charge in [0.15, 0.2) is 0 Å². The van der Waals surface area contributed by atoms with E-state index < -0.39 is 0 Å². The molecule has 1 aromatic carbocycles. The summed E-state index contributed by atoms with van der Waals surface area (Å²) in [6.45, 7) is 5.88. The molecule has 2 aromatic rings. The molecule has 2 N–H and O–H groups in total. The summed E-state index contributed by atoms with van der Waals surface area (Å²) in [6, 6.07) is 4.61. The Morgan fingerprint density at radius 3 is 2.80 bits per heavy atom. The summed E-state index contributed by atoms with van der Waals surface area (Å²) in [5, 5.41) is 7.40. The molecule has 0 unspecified atom stereocenters. The summed E-state index contributed by atoms with van der Waals surface area (Å²) >= 11 is 0. The SMILES string of the molecule is COCCNCCNCc1oc2ccc(F)cc2c1C. The van der Waals surface area contributed by atoms with Gasteiger partial charge in [-0.2, -0.15) is 0 Å². The second-order valence-corrected chi connectivity index (χ2v) is 4.71. The second-order valence-electron chi connectivity index (χ2n) is 4.71. The van der Waals surface area contributed by atoms with Crippen LogP contribution in [0.1, 0.15) is 11.3 Å². The quantitative estimate of drug-likeness (QED) is 0.728. The van der Waals surface area contributed by atoms with Gasteiger partial charge in [0.25, 0.3) is 0 Å². The first-order valence-corrected chi connectivity index (χ1v) is 6.80. The Bertz CT molecular complexity index is 554. The molecule has 0 spiro atoms. The zero-order valence-electron chi connectivity index (χ0n) is 12.0. The van der Waals surface area contributed by atoms with Gasteiger partial charge >= 0.3 is 0 Å². The predicted molar refractivity (Wildman–Crippen MR) is 77.4 cm³/mol. The Balaban J connectivity index is 1.83. The molecule has 0 aliphatic carbocycles. The normalized spacial score (nSPS) is 11.3. The van der Waals surface area contributed by atoms with Crippen LogP contribution in [0, 0.1) is 12.7 Å². The first-order chi connectivity index (χ1) is 9.72. The fourth-order valence-corrected chi connectivity index (χ4v) is 2.09. The lowest BCUT2D eigenvalue weighted by Crippen LogP contribution is -2.29. The lowest BCUT2D eigenvalue weighted by molar-refractivity contribution is 0.199. The smallest absolute Gasteiger partial charge is 0.134 e. The number of hydrogen-bond acceptors (Lipinski definition) is 4. The summed E-state index contributed by atoms with van der Waals surface area (Å²) in [5.74, 6) is 0.630. The van der Waals surface area contributed by atoms with E-state index in [1.807, 2.05) is 6.92 Å². The minimum absolute atomic E-state index is 0.233. The van der Waals surface area contributed by atoms with Crippen molar-refractivity contribution in [2.24, 2.45) is 0 Å². The highest BCUT2D eigenvalue weighted by molar-refractivity contribution is 5.82. The van der Waals surface area contributed by atoms with Gasteiger partial charge in [0.05, 0.1) is 13.2 Å². The molecule has 0 bridgehead atoms. The number of rotatable bonds is 8. The van der Waals surface area contributed by atoms with E-state index in [2.05, 4.69) is 10.6 Å². The molecule has 20 heavy (non-hydrogen) atoms. The Kier molecular flexibility index (Phi) is 5.52. The van der Waals surface area contributed by atoms with E-state index >= 15 is 0 Å². The fourth-order valence-electron chi connectivity index (χ4n) is 2.09. The lowest BCUT2D eigenvalue weighted by Gasteiger charge is -2.05. The van der Waals surface area contributed by atoms with Crippen LogP contribution in [0.2, 0.25) is 0 Å². The first-order valence-electron chi connectivity index (χ1n) is 6.80. The van der Waals surface area contributed by atoms with E-state index in [1.54, 1.807) is 13.2 Å². The molecule has 110 valence electrons. The largest absolute Gasteiger partial charge is 0.459 e. The summed E-state index contributed by atoms with van der Waals surface area (Å²) in [6.07, 6.45) is 0. The molecule has 2 rings (SSSR count). The van der Waals surface area contributed by atoms with E-state index in [0.29, 0.717) is 13.2 Å². The minimum Gasteiger partial charge on any atom is -0.459 e. The minimum atomic E-state index is -0.233. The average molecular weight is 280 g/mol. The van der Waals surface area contributed by atoms with E-state index in [4.69, 9.17) is 9.15 Å². The first kappa shape index (κ1) is 15.0. The number of nitrogens with one attached hydrogen (secondary N) is 2. The van der Waals surface area contributed by atoms with Gasteiger partial charge < -0.3 is 19.8 Å². The molecule has 5 heteroatoms. The molecule has 0 saturated carbocycles. The van der Waals surface area contributed by atoms with E-state index in [1.165, 1.54) is 12.1 Å². The highest BCUT2D eigenvalue weighted by Gasteiger charge is 2.10. The molecule has 0 aliphatic heterocycles. The summed E-state index contributed by atoms with van der Waals surface area (Å²) < 4.78 is 23.9.